The fourth-order valence-corrected chi connectivity index (χ4v) is 4.42. The molecule has 1 aliphatic carbocycles. The zero-order valence-corrected chi connectivity index (χ0v) is 18.3. The lowest BCUT2D eigenvalue weighted by molar-refractivity contribution is -0.121. The number of ether oxygens (including phenoxy) is 3. The molecule has 0 spiro atoms. The summed E-state index contributed by atoms with van der Waals surface area (Å²) in [4.78, 5) is 12.2. The smallest absolute Gasteiger partial charge is 0.243 e. The quantitative estimate of drug-likeness (QED) is 0.543. The van der Waals surface area contributed by atoms with Crippen molar-refractivity contribution in [3.8, 4) is 11.5 Å². The van der Waals surface area contributed by atoms with Crippen LogP contribution in [0.1, 0.15) is 38.5 Å². The number of carbonyl (C=O) groups excluding carboxylic acids is 1. The van der Waals surface area contributed by atoms with Crippen molar-refractivity contribution < 1.29 is 27.4 Å². The second kappa shape index (κ2) is 11.4. The van der Waals surface area contributed by atoms with Crippen LogP contribution >= 0.6 is 0 Å². The van der Waals surface area contributed by atoms with E-state index in [4.69, 9.17) is 14.2 Å². The molecule has 9 heteroatoms. The van der Waals surface area contributed by atoms with E-state index < -0.39 is 10.0 Å². The van der Waals surface area contributed by atoms with E-state index in [1.807, 2.05) is 0 Å². The fourth-order valence-electron chi connectivity index (χ4n) is 3.28. The van der Waals surface area contributed by atoms with E-state index in [0.717, 1.165) is 17.1 Å². The van der Waals surface area contributed by atoms with Crippen LogP contribution in [0.4, 0.5) is 0 Å². The second-order valence-corrected chi connectivity index (χ2v) is 9.16. The predicted molar refractivity (Wildman–Crippen MR) is 110 cm³/mol. The summed E-state index contributed by atoms with van der Waals surface area (Å²) in [5.41, 5.74) is 0. The van der Waals surface area contributed by atoms with E-state index in [-0.39, 0.29) is 17.3 Å². The van der Waals surface area contributed by atoms with Crippen molar-refractivity contribution in [3.05, 3.63) is 18.2 Å². The van der Waals surface area contributed by atoms with Crippen molar-refractivity contribution in [3.63, 3.8) is 0 Å². The summed E-state index contributed by atoms with van der Waals surface area (Å²) < 4.78 is 42.5. The molecule has 0 unspecified atom stereocenters. The predicted octanol–water partition coefficient (Wildman–Crippen LogP) is 2.18. The van der Waals surface area contributed by atoms with Gasteiger partial charge in [0.05, 0.1) is 31.8 Å². The molecule has 29 heavy (non-hydrogen) atoms. The number of rotatable bonds is 11. The average Bonchev–Trinajstić information content (AvgIpc) is 2.73. The Balaban J connectivity index is 1.78. The molecule has 0 bridgehead atoms. The summed E-state index contributed by atoms with van der Waals surface area (Å²) in [6.07, 6.45) is 7.02. The number of nitrogens with zero attached hydrogens (tertiary/aromatic N) is 1. The summed E-state index contributed by atoms with van der Waals surface area (Å²) in [6.45, 7) is 0.792. The van der Waals surface area contributed by atoms with Crippen molar-refractivity contribution in [2.75, 3.05) is 41.0 Å². The highest BCUT2D eigenvalue weighted by molar-refractivity contribution is 7.89. The number of hydrogen-bond donors (Lipinski definition) is 1. The van der Waals surface area contributed by atoms with Gasteiger partial charge in [-0.05, 0) is 31.4 Å². The van der Waals surface area contributed by atoms with Crippen molar-refractivity contribution in [2.45, 2.75) is 49.5 Å². The zero-order valence-electron chi connectivity index (χ0n) is 17.5. The van der Waals surface area contributed by atoms with Gasteiger partial charge in [0.15, 0.2) is 11.5 Å². The van der Waals surface area contributed by atoms with Crippen molar-refractivity contribution in [1.82, 2.24) is 9.62 Å². The van der Waals surface area contributed by atoms with Gasteiger partial charge in [-0.15, -0.1) is 0 Å². The normalized spacial score (nSPS) is 15.3. The van der Waals surface area contributed by atoms with Crippen molar-refractivity contribution >= 4 is 15.9 Å². The summed E-state index contributed by atoms with van der Waals surface area (Å²) in [5, 5.41) is 2.75. The SMILES string of the molecule is COc1ccc(S(=O)(=O)N(C)CC(=O)NCCCOC2CCCCC2)cc1OC. The van der Waals surface area contributed by atoms with Crippen LogP contribution in [0, 0.1) is 0 Å². The second-order valence-electron chi connectivity index (χ2n) is 7.11. The van der Waals surface area contributed by atoms with Crippen molar-refractivity contribution in [1.29, 1.82) is 0 Å². The van der Waals surface area contributed by atoms with Crippen molar-refractivity contribution in [2.24, 2.45) is 0 Å². The van der Waals surface area contributed by atoms with E-state index in [1.54, 1.807) is 0 Å². The van der Waals surface area contributed by atoms with Crippen LogP contribution in [-0.2, 0) is 19.6 Å². The van der Waals surface area contributed by atoms with Gasteiger partial charge in [-0.2, -0.15) is 4.31 Å². The van der Waals surface area contributed by atoms with E-state index in [2.05, 4.69) is 5.32 Å². The minimum Gasteiger partial charge on any atom is -0.493 e. The van der Waals surface area contributed by atoms with Crippen LogP contribution < -0.4 is 14.8 Å². The number of sulfonamides is 1. The van der Waals surface area contributed by atoms with E-state index in [9.17, 15) is 13.2 Å². The van der Waals surface area contributed by atoms with Gasteiger partial charge in [0.2, 0.25) is 15.9 Å². The molecule has 0 aromatic heterocycles. The molecule has 0 radical (unpaired) electrons. The summed E-state index contributed by atoms with van der Waals surface area (Å²) in [6, 6.07) is 4.32. The Morgan fingerprint density at radius 3 is 2.48 bits per heavy atom. The first-order valence-corrected chi connectivity index (χ1v) is 11.4. The number of amides is 1. The number of nitrogens with one attached hydrogen (secondary N) is 1. The van der Waals surface area contributed by atoms with Crippen LogP contribution in [0.2, 0.25) is 0 Å². The lowest BCUT2D eigenvalue weighted by Gasteiger charge is -2.22. The summed E-state index contributed by atoms with van der Waals surface area (Å²) >= 11 is 0. The monoisotopic (exact) mass is 428 g/mol. The van der Waals surface area contributed by atoms with Crippen LogP contribution in [0.15, 0.2) is 23.1 Å². The third-order valence-electron chi connectivity index (χ3n) is 4.98. The third-order valence-corrected chi connectivity index (χ3v) is 6.78. The maximum absolute atomic E-state index is 12.7. The van der Waals surface area contributed by atoms with E-state index in [0.29, 0.717) is 37.2 Å². The van der Waals surface area contributed by atoms with Gasteiger partial charge in [-0.1, -0.05) is 19.3 Å². The minimum atomic E-state index is -3.83. The number of carbonyl (C=O) groups is 1. The Bertz CT molecular complexity index is 762. The van der Waals surface area contributed by atoms with Gasteiger partial charge in [-0.3, -0.25) is 4.79 Å². The minimum absolute atomic E-state index is 0.0336. The Morgan fingerprint density at radius 2 is 1.83 bits per heavy atom. The maximum Gasteiger partial charge on any atom is 0.243 e. The standard InChI is InChI=1S/C20H32N2O6S/c1-22(29(24,25)17-10-11-18(26-2)19(14-17)27-3)15-20(23)21-12-7-13-28-16-8-5-4-6-9-16/h10-11,14,16H,4-9,12-13,15H2,1-3H3,(H,21,23). The van der Waals surface area contributed by atoms with E-state index >= 15 is 0 Å². The first-order chi connectivity index (χ1) is 13.9. The highest BCUT2D eigenvalue weighted by Gasteiger charge is 2.24. The zero-order chi connectivity index (χ0) is 21.3. The molecule has 1 saturated carbocycles. The molecule has 1 fully saturated rings. The molecule has 8 nitrogen and oxygen atoms in total. The van der Waals surface area contributed by atoms with Gasteiger partial charge in [-0.25, -0.2) is 8.42 Å². The van der Waals surface area contributed by atoms with Crippen LogP contribution in [0.5, 0.6) is 11.5 Å². The van der Waals surface area contributed by atoms with Gasteiger partial charge in [0.1, 0.15) is 0 Å². The van der Waals surface area contributed by atoms with Crippen LogP contribution in [0.3, 0.4) is 0 Å². The lowest BCUT2D eigenvalue weighted by Crippen LogP contribution is -2.38. The average molecular weight is 429 g/mol. The molecule has 0 atom stereocenters. The fraction of sp³-hybridized carbons (Fsp3) is 0.650. The van der Waals surface area contributed by atoms with Gasteiger partial charge in [0, 0.05) is 26.3 Å². The topological polar surface area (TPSA) is 94.2 Å². The molecule has 0 saturated heterocycles. The molecule has 1 N–H and O–H groups in total. The highest BCUT2D eigenvalue weighted by atomic mass is 32.2. The van der Waals surface area contributed by atoms with Crippen LogP contribution in [-0.4, -0.2) is 65.7 Å². The Kier molecular flexibility index (Phi) is 9.19. The highest BCUT2D eigenvalue weighted by Crippen LogP contribution is 2.30. The molecule has 1 aliphatic rings. The summed E-state index contributed by atoms with van der Waals surface area (Å²) in [7, 11) is 0.452. The molecule has 0 heterocycles. The number of methoxy groups -OCH3 is 2. The number of likely N-dealkylation sites (N-methyl/N-ethyl adjacent to an activating group) is 1. The van der Waals surface area contributed by atoms with E-state index in [1.165, 1.54) is 58.7 Å². The first kappa shape index (κ1) is 23.4. The molecule has 1 aromatic carbocycles. The Labute approximate surface area is 173 Å². The first-order valence-electron chi connectivity index (χ1n) is 9.95. The lowest BCUT2D eigenvalue weighted by atomic mass is 9.98. The van der Waals surface area contributed by atoms with Gasteiger partial charge in [0.25, 0.3) is 0 Å². The largest absolute Gasteiger partial charge is 0.493 e. The van der Waals surface area contributed by atoms with Gasteiger partial charge < -0.3 is 19.5 Å². The molecule has 1 amide bonds. The molecular weight excluding hydrogens is 396 g/mol. The molecule has 2 rings (SSSR count). The Hall–Kier alpha value is -1.84. The molecule has 1 aromatic rings. The number of benzene rings is 1. The number of hydrogen-bond acceptors (Lipinski definition) is 6. The molecular formula is C20H32N2O6S. The van der Waals surface area contributed by atoms with Gasteiger partial charge >= 0.3 is 0 Å². The molecule has 0 aliphatic heterocycles. The summed E-state index contributed by atoms with van der Waals surface area (Å²) in [5.74, 6) is 0.390. The Morgan fingerprint density at radius 1 is 1.14 bits per heavy atom. The van der Waals surface area contributed by atoms with Crippen LogP contribution in [0.25, 0.3) is 0 Å². The third kappa shape index (κ3) is 6.87. The maximum atomic E-state index is 12.7. The molecule has 164 valence electrons.